The number of rotatable bonds is 3. The molecule has 0 spiro atoms. The van der Waals surface area contributed by atoms with Crippen molar-refractivity contribution < 1.29 is 24.6 Å². The molecule has 0 aromatic carbocycles. The molecule has 0 aliphatic heterocycles. The third-order valence-electron chi connectivity index (χ3n) is 10.1. The van der Waals surface area contributed by atoms with Crippen LogP contribution in [0.1, 0.15) is 66.7 Å². The van der Waals surface area contributed by atoms with Crippen LogP contribution in [-0.2, 0) is 14.4 Å². The second kappa shape index (κ2) is 6.59. The van der Waals surface area contributed by atoms with Crippen LogP contribution in [0.5, 0.6) is 0 Å². The molecular weight excluding hydrogens is 380 g/mol. The van der Waals surface area contributed by atoms with Crippen molar-refractivity contribution in [1.82, 2.24) is 0 Å². The number of fused-ring (bicyclic) bond motifs is 5. The number of aliphatic hydroxyl groups excluding tert-OH is 2. The SMILES string of the molecule is CC1(C)C(=O)C=CC2(C)C1CC(O)C1(C)C2CCC2(C)C(CC(=O)CO)CC(=O)C21. The van der Waals surface area contributed by atoms with E-state index >= 15 is 0 Å². The van der Waals surface area contributed by atoms with Crippen molar-refractivity contribution in [3.05, 3.63) is 12.2 Å². The van der Waals surface area contributed by atoms with Crippen molar-refractivity contribution in [2.75, 3.05) is 6.61 Å². The van der Waals surface area contributed by atoms with Crippen molar-refractivity contribution in [3.63, 3.8) is 0 Å². The number of Topliss-reactive ketones (excluding diaryl/α,β-unsaturated/α-hetero) is 2. The number of allylic oxidation sites excluding steroid dienone is 2. The second-order valence-electron chi connectivity index (χ2n) is 11.8. The lowest BCUT2D eigenvalue weighted by atomic mass is 9.37. The van der Waals surface area contributed by atoms with Crippen LogP contribution in [0.3, 0.4) is 0 Å². The summed E-state index contributed by atoms with van der Waals surface area (Å²) in [4.78, 5) is 38.0. The predicted octanol–water partition coefficient (Wildman–Crippen LogP) is 3.12. The smallest absolute Gasteiger partial charge is 0.161 e. The van der Waals surface area contributed by atoms with Crippen LogP contribution in [0.2, 0.25) is 0 Å². The van der Waals surface area contributed by atoms with Gasteiger partial charge in [-0.3, -0.25) is 14.4 Å². The van der Waals surface area contributed by atoms with Gasteiger partial charge in [-0.05, 0) is 53.9 Å². The Morgan fingerprint density at radius 2 is 1.80 bits per heavy atom. The molecule has 0 amide bonds. The van der Waals surface area contributed by atoms with E-state index in [9.17, 15) is 24.6 Å². The Labute approximate surface area is 179 Å². The average Bonchev–Trinajstić information content (AvgIpc) is 2.92. The fraction of sp³-hybridized carbons (Fsp3) is 0.800. The molecule has 0 radical (unpaired) electrons. The van der Waals surface area contributed by atoms with Gasteiger partial charge in [-0.15, -0.1) is 0 Å². The molecule has 0 aromatic rings. The van der Waals surface area contributed by atoms with Crippen molar-refractivity contribution in [3.8, 4) is 0 Å². The first-order valence-electron chi connectivity index (χ1n) is 11.4. The Balaban J connectivity index is 1.79. The van der Waals surface area contributed by atoms with Gasteiger partial charge in [-0.2, -0.15) is 0 Å². The third kappa shape index (κ3) is 2.57. The minimum absolute atomic E-state index is 0.0307. The second-order valence-corrected chi connectivity index (χ2v) is 11.8. The van der Waals surface area contributed by atoms with Crippen LogP contribution in [0.15, 0.2) is 12.2 Å². The van der Waals surface area contributed by atoms with Crippen molar-refractivity contribution >= 4 is 17.3 Å². The van der Waals surface area contributed by atoms with E-state index in [1.54, 1.807) is 6.08 Å². The Morgan fingerprint density at radius 3 is 2.43 bits per heavy atom. The predicted molar refractivity (Wildman–Crippen MR) is 112 cm³/mol. The van der Waals surface area contributed by atoms with Gasteiger partial charge in [-0.25, -0.2) is 0 Å². The van der Waals surface area contributed by atoms with Gasteiger partial charge in [0.2, 0.25) is 0 Å². The summed E-state index contributed by atoms with van der Waals surface area (Å²) in [6.45, 7) is 9.90. The minimum atomic E-state index is -0.667. The van der Waals surface area contributed by atoms with Gasteiger partial charge in [0.15, 0.2) is 11.6 Å². The summed E-state index contributed by atoms with van der Waals surface area (Å²) in [7, 11) is 0. The summed E-state index contributed by atoms with van der Waals surface area (Å²) in [5.41, 5.74) is -1.73. The topological polar surface area (TPSA) is 91.7 Å². The van der Waals surface area contributed by atoms with Crippen molar-refractivity contribution in [2.45, 2.75) is 72.8 Å². The summed E-state index contributed by atoms with van der Waals surface area (Å²) in [6, 6.07) is 0. The van der Waals surface area contributed by atoms with Gasteiger partial charge < -0.3 is 10.2 Å². The van der Waals surface area contributed by atoms with Crippen LogP contribution >= 0.6 is 0 Å². The summed E-state index contributed by atoms with van der Waals surface area (Å²) < 4.78 is 0. The maximum Gasteiger partial charge on any atom is 0.161 e. The Hall–Kier alpha value is -1.33. The molecule has 3 saturated carbocycles. The molecule has 30 heavy (non-hydrogen) atoms. The van der Waals surface area contributed by atoms with Gasteiger partial charge in [0.25, 0.3) is 0 Å². The number of aliphatic hydroxyl groups is 2. The van der Waals surface area contributed by atoms with E-state index < -0.39 is 23.5 Å². The molecular formula is C25H36O5. The highest BCUT2D eigenvalue weighted by molar-refractivity contribution is 5.96. The van der Waals surface area contributed by atoms with Crippen LogP contribution < -0.4 is 0 Å². The monoisotopic (exact) mass is 416 g/mol. The van der Waals surface area contributed by atoms with E-state index in [1.165, 1.54) is 0 Å². The molecule has 8 unspecified atom stereocenters. The highest BCUT2D eigenvalue weighted by Gasteiger charge is 2.71. The quantitative estimate of drug-likeness (QED) is 0.738. The Kier molecular flexibility index (Phi) is 4.80. The largest absolute Gasteiger partial charge is 0.393 e. The zero-order valence-corrected chi connectivity index (χ0v) is 18.9. The van der Waals surface area contributed by atoms with Crippen LogP contribution in [0, 0.1) is 45.3 Å². The fourth-order valence-electron chi connectivity index (χ4n) is 8.54. The highest BCUT2D eigenvalue weighted by atomic mass is 16.3. The van der Waals surface area contributed by atoms with Gasteiger partial charge in [-0.1, -0.05) is 40.7 Å². The van der Waals surface area contributed by atoms with Crippen molar-refractivity contribution in [1.29, 1.82) is 0 Å². The third-order valence-corrected chi connectivity index (χ3v) is 10.1. The fourth-order valence-corrected chi connectivity index (χ4v) is 8.54. The van der Waals surface area contributed by atoms with E-state index in [0.29, 0.717) is 12.8 Å². The maximum absolute atomic E-state index is 13.4. The summed E-state index contributed by atoms with van der Waals surface area (Å²) in [5, 5.41) is 20.8. The first-order valence-corrected chi connectivity index (χ1v) is 11.4. The number of carbonyl (C=O) groups excluding carboxylic acids is 3. The number of carbonyl (C=O) groups is 3. The summed E-state index contributed by atoms with van der Waals surface area (Å²) in [5.74, 6) is -0.210. The van der Waals surface area contributed by atoms with Gasteiger partial charge in [0.1, 0.15) is 12.4 Å². The maximum atomic E-state index is 13.4. The minimum Gasteiger partial charge on any atom is -0.393 e. The lowest BCUT2D eigenvalue weighted by molar-refractivity contribution is -0.211. The molecule has 4 aliphatic carbocycles. The Bertz CT molecular complexity index is 827. The zero-order chi connectivity index (χ0) is 22.3. The molecule has 0 saturated heterocycles. The molecule has 166 valence electrons. The van der Waals surface area contributed by atoms with Crippen LogP contribution in [0.4, 0.5) is 0 Å². The summed E-state index contributed by atoms with van der Waals surface area (Å²) >= 11 is 0. The van der Waals surface area contributed by atoms with E-state index in [4.69, 9.17) is 0 Å². The molecule has 0 bridgehead atoms. The van der Waals surface area contributed by atoms with Gasteiger partial charge in [0.05, 0.1) is 6.10 Å². The molecule has 4 rings (SSSR count). The molecule has 0 heterocycles. The molecule has 5 nitrogen and oxygen atoms in total. The highest BCUT2D eigenvalue weighted by Crippen LogP contribution is 2.72. The molecule has 5 heteroatoms. The zero-order valence-electron chi connectivity index (χ0n) is 18.9. The average molecular weight is 417 g/mol. The Morgan fingerprint density at radius 1 is 1.13 bits per heavy atom. The van der Waals surface area contributed by atoms with E-state index in [0.717, 1.165) is 12.8 Å². The number of hydrogen-bond donors (Lipinski definition) is 2. The van der Waals surface area contributed by atoms with Crippen LogP contribution in [-0.4, -0.2) is 40.3 Å². The van der Waals surface area contributed by atoms with Gasteiger partial charge in [0, 0.05) is 29.6 Å². The van der Waals surface area contributed by atoms with E-state index in [-0.39, 0.29) is 58.3 Å². The lowest BCUT2D eigenvalue weighted by Crippen LogP contribution is -2.66. The first kappa shape index (κ1) is 21.9. The van der Waals surface area contributed by atoms with E-state index in [1.807, 2.05) is 13.8 Å². The van der Waals surface area contributed by atoms with Gasteiger partial charge >= 0.3 is 0 Å². The molecule has 4 aliphatic rings. The molecule has 0 aromatic heterocycles. The number of hydrogen-bond acceptors (Lipinski definition) is 5. The molecule has 2 N–H and O–H groups in total. The van der Waals surface area contributed by atoms with E-state index in [2.05, 4.69) is 26.8 Å². The standard InChI is InChI=1S/C25H36O5/c1-22(2)18-12-20(30)25(5)17(24(18,4)9-7-19(22)29)6-8-23(3)14(10-15(27)13-26)11-16(28)21(23)25/h7,9,14,17-18,20-21,26,30H,6,8,10-13H2,1-5H3. The normalized spacial score (nSPS) is 49.4. The lowest BCUT2D eigenvalue weighted by Gasteiger charge is -2.67. The number of ketones is 3. The van der Waals surface area contributed by atoms with Crippen molar-refractivity contribution in [2.24, 2.45) is 45.3 Å². The molecule has 8 atom stereocenters. The summed E-state index contributed by atoms with van der Waals surface area (Å²) in [6.07, 6.45) is 5.89. The first-order chi connectivity index (χ1) is 13.8. The molecule has 3 fully saturated rings. The van der Waals surface area contributed by atoms with Crippen LogP contribution in [0.25, 0.3) is 0 Å².